The van der Waals surface area contributed by atoms with Gasteiger partial charge in [-0.2, -0.15) is 4.31 Å². The number of cyclic esters (lactones) is 1. The molecule has 0 saturated carbocycles. The van der Waals surface area contributed by atoms with Crippen molar-refractivity contribution in [1.29, 1.82) is 0 Å². The van der Waals surface area contributed by atoms with Gasteiger partial charge in [0.05, 0.1) is 15.7 Å². The average Bonchev–Trinajstić information content (AvgIpc) is 3.24. The minimum absolute atomic E-state index is 0.00562. The SMILES string of the molecule is CCCCCCCCN(CCCCCCCC)S(=O)(=O)c1cc(Cl)c(N2C(=O)OC(c3c(C)cc(C)cc3C)C2=O)cc1Cl. The standard InChI is InChI=1S/C34H48Cl2N2O5S/c1-6-8-10-12-14-16-18-37(19-17-15-13-11-9-7-2)44(41,42)30-23-27(35)29(22-28(30)36)38-33(39)32(43-34(38)40)31-25(4)20-24(3)21-26(31)5/h20-23,32H,6-19H2,1-5H3. The fourth-order valence-corrected chi connectivity index (χ4v) is 8.28. The average molecular weight is 668 g/mol. The zero-order valence-corrected chi connectivity index (χ0v) is 29.2. The van der Waals surface area contributed by atoms with Gasteiger partial charge in [-0.3, -0.25) is 4.79 Å². The summed E-state index contributed by atoms with van der Waals surface area (Å²) in [4.78, 5) is 27.2. The van der Waals surface area contributed by atoms with Gasteiger partial charge in [0, 0.05) is 18.7 Å². The maximum absolute atomic E-state index is 13.9. The molecule has 0 aliphatic carbocycles. The number of unbranched alkanes of at least 4 members (excludes halogenated alkanes) is 10. The van der Waals surface area contributed by atoms with Gasteiger partial charge in [-0.25, -0.2) is 18.1 Å². The van der Waals surface area contributed by atoms with E-state index < -0.39 is 28.1 Å². The minimum atomic E-state index is -3.99. The topological polar surface area (TPSA) is 84.0 Å². The molecule has 1 unspecified atom stereocenters. The molecule has 0 bridgehead atoms. The van der Waals surface area contributed by atoms with Gasteiger partial charge in [0.25, 0.3) is 5.91 Å². The molecule has 0 N–H and O–H groups in total. The smallest absolute Gasteiger partial charge is 0.422 e. The van der Waals surface area contributed by atoms with E-state index in [0.717, 1.165) is 85.8 Å². The van der Waals surface area contributed by atoms with Crippen molar-refractivity contribution in [3.63, 3.8) is 0 Å². The zero-order chi connectivity index (χ0) is 32.4. The van der Waals surface area contributed by atoms with Crippen LogP contribution in [0.4, 0.5) is 10.5 Å². The molecule has 1 heterocycles. The Hall–Kier alpha value is -2.13. The largest absolute Gasteiger partial charge is 0.430 e. The lowest BCUT2D eigenvalue weighted by Crippen LogP contribution is -2.34. The summed E-state index contributed by atoms with van der Waals surface area (Å²) in [6.07, 6.45) is 10.5. The quantitative estimate of drug-likeness (QED) is 0.148. The van der Waals surface area contributed by atoms with E-state index in [2.05, 4.69) is 13.8 Å². The number of hydrogen-bond acceptors (Lipinski definition) is 5. The van der Waals surface area contributed by atoms with E-state index in [9.17, 15) is 18.0 Å². The van der Waals surface area contributed by atoms with Crippen molar-refractivity contribution in [3.05, 3.63) is 56.6 Å². The van der Waals surface area contributed by atoms with Gasteiger partial charge in [0.1, 0.15) is 4.90 Å². The highest BCUT2D eigenvalue weighted by Gasteiger charge is 2.45. The number of nitrogens with zero attached hydrogens (tertiary/aromatic N) is 2. The van der Waals surface area contributed by atoms with E-state index in [1.165, 1.54) is 29.3 Å². The van der Waals surface area contributed by atoms with E-state index in [1.807, 2.05) is 32.9 Å². The number of halogens is 2. The van der Waals surface area contributed by atoms with Crippen LogP contribution in [0.3, 0.4) is 0 Å². The lowest BCUT2D eigenvalue weighted by Gasteiger charge is -2.24. The second-order valence-electron chi connectivity index (χ2n) is 11.9. The molecule has 244 valence electrons. The first kappa shape index (κ1) is 36.3. The summed E-state index contributed by atoms with van der Waals surface area (Å²) in [6, 6.07) is 6.39. The van der Waals surface area contributed by atoms with Crippen LogP contribution in [0.25, 0.3) is 0 Å². The molecular weight excluding hydrogens is 619 g/mol. The fraction of sp³-hybridized carbons (Fsp3) is 0.588. The molecule has 0 aromatic heterocycles. The second kappa shape index (κ2) is 17.0. The molecule has 2 aromatic rings. The minimum Gasteiger partial charge on any atom is -0.430 e. The number of rotatable bonds is 18. The predicted molar refractivity (Wildman–Crippen MR) is 179 cm³/mol. The first-order valence-electron chi connectivity index (χ1n) is 16.1. The molecule has 1 saturated heterocycles. The zero-order valence-electron chi connectivity index (χ0n) is 26.9. The molecule has 1 fully saturated rings. The Kier molecular flexibility index (Phi) is 14.0. The lowest BCUT2D eigenvalue weighted by atomic mass is 9.95. The maximum atomic E-state index is 13.9. The molecule has 10 heteroatoms. The molecule has 0 radical (unpaired) electrons. The molecule has 1 aliphatic rings. The molecule has 3 rings (SSSR count). The van der Waals surface area contributed by atoms with Crippen molar-refractivity contribution >= 4 is 50.9 Å². The number of hydrogen-bond donors (Lipinski definition) is 0. The number of aryl methyl sites for hydroxylation is 3. The first-order chi connectivity index (χ1) is 20.9. The molecule has 44 heavy (non-hydrogen) atoms. The van der Waals surface area contributed by atoms with Crippen molar-refractivity contribution in [1.82, 2.24) is 4.31 Å². The predicted octanol–water partition coefficient (Wildman–Crippen LogP) is 9.85. The van der Waals surface area contributed by atoms with Crippen LogP contribution in [-0.4, -0.2) is 37.8 Å². The summed E-state index contributed by atoms with van der Waals surface area (Å²) in [7, 11) is -3.99. The molecular formula is C34H48Cl2N2O5S. The monoisotopic (exact) mass is 666 g/mol. The fourth-order valence-electron chi connectivity index (χ4n) is 5.93. The number of benzene rings is 2. The summed E-state index contributed by atoms with van der Waals surface area (Å²) in [5, 5.41) is -0.178. The van der Waals surface area contributed by atoms with Crippen LogP contribution in [0.1, 0.15) is 119 Å². The first-order valence-corrected chi connectivity index (χ1v) is 18.2. The van der Waals surface area contributed by atoms with Gasteiger partial charge in [-0.05, 0) is 56.9 Å². The summed E-state index contributed by atoms with van der Waals surface area (Å²) < 4.78 is 34.9. The van der Waals surface area contributed by atoms with Crippen LogP contribution in [-0.2, 0) is 19.6 Å². The number of amides is 2. The van der Waals surface area contributed by atoms with Crippen LogP contribution in [0.2, 0.25) is 10.0 Å². The Balaban J connectivity index is 1.85. The third-order valence-electron chi connectivity index (χ3n) is 8.23. The van der Waals surface area contributed by atoms with Crippen molar-refractivity contribution in [2.24, 2.45) is 0 Å². The third kappa shape index (κ3) is 8.99. The molecule has 2 aromatic carbocycles. The van der Waals surface area contributed by atoms with Gasteiger partial charge < -0.3 is 4.74 Å². The van der Waals surface area contributed by atoms with E-state index in [1.54, 1.807) is 0 Å². The van der Waals surface area contributed by atoms with Crippen LogP contribution in [0.5, 0.6) is 0 Å². The Morgan fingerprint density at radius 3 is 1.77 bits per heavy atom. The summed E-state index contributed by atoms with van der Waals surface area (Å²) >= 11 is 13.2. The normalized spacial score (nSPS) is 15.5. The van der Waals surface area contributed by atoms with Crippen molar-refractivity contribution in [2.45, 2.75) is 123 Å². The van der Waals surface area contributed by atoms with Crippen LogP contribution in [0, 0.1) is 20.8 Å². The van der Waals surface area contributed by atoms with Gasteiger partial charge in [-0.1, -0.05) is 119 Å². The highest BCUT2D eigenvalue weighted by Crippen LogP contribution is 2.41. The van der Waals surface area contributed by atoms with Crippen molar-refractivity contribution in [3.8, 4) is 0 Å². The van der Waals surface area contributed by atoms with Crippen LogP contribution in [0.15, 0.2) is 29.2 Å². The highest BCUT2D eigenvalue weighted by atomic mass is 35.5. The molecule has 2 amide bonds. The van der Waals surface area contributed by atoms with Crippen molar-refractivity contribution < 1.29 is 22.7 Å². The van der Waals surface area contributed by atoms with Gasteiger partial charge in [0.15, 0.2) is 0 Å². The Morgan fingerprint density at radius 1 is 0.750 bits per heavy atom. The van der Waals surface area contributed by atoms with E-state index >= 15 is 0 Å². The number of ether oxygens (including phenoxy) is 1. The van der Waals surface area contributed by atoms with Gasteiger partial charge >= 0.3 is 6.09 Å². The van der Waals surface area contributed by atoms with Crippen LogP contribution < -0.4 is 4.90 Å². The van der Waals surface area contributed by atoms with Gasteiger partial charge in [0.2, 0.25) is 16.1 Å². The highest BCUT2D eigenvalue weighted by molar-refractivity contribution is 7.89. The maximum Gasteiger partial charge on any atom is 0.422 e. The molecule has 1 atom stereocenters. The van der Waals surface area contributed by atoms with Crippen molar-refractivity contribution in [2.75, 3.05) is 18.0 Å². The van der Waals surface area contributed by atoms with Gasteiger partial charge in [-0.15, -0.1) is 0 Å². The van der Waals surface area contributed by atoms with E-state index in [0.29, 0.717) is 18.7 Å². The summed E-state index contributed by atoms with van der Waals surface area (Å²) in [6.45, 7) is 10.8. The lowest BCUT2D eigenvalue weighted by molar-refractivity contribution is -0.122. The summed E-state index contributed by atoms with van der Waals surface area (Å²) in [5.74, 6) is -0.605. The van der Waals surface area contributed by atoms with E-state index in [-0.39, 0.29) is 20.6 Å². The number of carbonyl (C=O) groups excluding carboxylic acids is 2. The molecule has 7 nitrogen and oxygen atoms in total. The molecule has 0 spiro atoms. The Labute approximate surface area is 274 Å². The number of anilines is 1. The van der Waals surface area contributed by atoms with E-state index in [4.69, 9.17) is 27.9 Å². The van der Waals surface area contributed by atoms with Crippen LogP contribution >= 0.6 is 23.2 Å². The second-order valence-corrected chi connectivity index (χ2v) is 14.6. The Morgan fingerprint density at radius 2 is 1.25 bits per heavy atom. The number of imide groups is 1. The third-order valence-corrected chi connectivity index (χ3v) is 10.9. The Bertz CT molecular complexity index is 1370. The molecule has 1 aliphatic heterocycles. The summed E-state index contributed by atoms with van der Waals surface area (Å²) in [5.41, 5.74) is 3.31. The number of carbonyl (C=O) groups is 2. The number of sulfonamides is 1.